The molecule has 1 aromatic heterocycles. The van der Waals surface area contributed by atoms with Crippen LogP contribution in [0.15, 0.2) is 84.1 Å². The van der Waals surface area contributed by atoms with E-state index in [0.717, 1.165) is 34.2 Å². The largest absolute Gasteiger partial charge is 0.416 e. The summed E-state index contributed by atoms with van der Waals surface area (Å²) < 4.78 is 40.5. The number of benzene rings is 3. The van der Waals surface area contributed by atoms with E-state index >= 15 is 0 Å². The number of carbonyl (C=O) groups is 1. The maximum absolute atomic E-state index is 13.4. The highest BCUT2D eigenvalue weighted by Gasteiger charge is 2.40. The van der Waals surface area contributed by atoms with Crippen LogP contribution in [0.2, 0.25) is 0 Å². The van der Waals surface area contributed by atoms with Gasteiger partial charge in [0.15, 0.2) is 0 Å². The van der Waals surface area contributed by atoms with E-state index in [0.29, 0.717) is 11.6 Å². The summed E-state index contributed by atoms with van der Waals surface area (Å²) >= 11 is 1.49. The van der Waals surface area contributed by atoms with Crippen molar-refractivity contribution in [3.8, 4) is 5.69 Å². The number of hydrogen-bond donors (Lipinski definition) is 1. The zero-order chi connectivity index (χ0) is 26.2. The Morgan fingerprint density at radius 1 is 1.00 bits per heavy atom. The molecular weight excluding hydrogens is 499 g/mol. The summed E-state index contributed by atoms with van der Waals surface area (Å²) in [7, 11) is 0. The molecule has 37 heavy (non-hydrogen) atoms. The van der Waals surface area contributed by atoms with Crippen LogP contribution >= 0.6 is 11.8 Å². The summed E-state index contributed by atoms with van der Waals surface area (Å²) in [6.07, 6.45) is -2.72. The minimum Gasteiger partial charge on any atom is -0.273 e. The summed E-state index contributed by atoms with van der Waals surface area (Å²) in [6.45, 7) is 3.81. The van der Waals surface area contributed by atoms with Crippen molar-refractivity contribution in [1.29, 1.82) is 0 Å². The molecule has 0 bridgehead atoms. The van der Waals surface area contributed by atoms with Crippen LogP contribution in [-0.4, -0.2) is 32.2 Å². The number of halogens is 3. The lowest BCUT2D eigenvalue weighted by Crippen LogP contribution is -2.47. The molecule has 1 amide bonds. The molecule has 1 unspecified atom stereocenters. The molecule has 0 saturated carbocycles. The standard InChI is InChI=1S/C27H24F3N5OS/c1-26(2,25(36)33-34-17-37-16-32-34)24(18-6-4-3-5-7-18)19-8-13-23-20(14-19)15-31-35(23)22-11-9-21(10-12-22)27(28,29)30/h3-16,24H,17H2,1-2H3,(H,33,36). The number of thioether (sulfide) groups is 1. The second kappa shape index (κ2) is 9.59. The summed E-state index contributed by atoms with van der Waals surface area (Å²) in [5, 5.41) is 10.9. The summed E-state index contributed by atoms with van der Waals surface area (Å²) in [6, 6.07) is 20.5. The van der Waals surface area contributed by atoms with Crippen molar-refractivity contribution in [1.82, 2.24) is 20.3 Å². The number of amides is 1. The molecule has 0 fully saturated rings. The van der Waals surface area contributed by atoms with Gasteiger partial charge in [0.1, 0.15) is 5.88 Å². The minimum atomic E-state index is -4.40. The highest BCUT2D eigenvalue weighted by molar-refractivity contribution is 8.12. The van der Waals surface area contributed by atoms with Gasteiger partial charge in [-0.25, -0.2) is 4.68 Å². The Hall–Kier alpha value is -3.79. The van der Waals surface area contributed by atoms with E-state index in [1.54, 1.807) is 16.4 Å². The third-order valence-corrected chi connectivity index (χ3v) is 7.13. The zero-order valence-electron chi connectivity index (χ0n) is 20.1. The van der Waals surface area contributed by atoms with Crippen molar-refractivity contribution in [2.24, 2.45) is 10.5 Å². The third-order valence-electron chi connectivity index (χ3n) is 6.49. The number of rotatable bonds is 6. The van der Waals surface area contributed by atoms with Gasteiger partial charge in [0.2, 0.25) is 5.91 Å². The molecule has 0 spiro atoms. The smallest absolute Gasteiger partial charge is 0.273 e. The molecule has 0 radical (unpaired) electrons. The minimum absolute atomic E-state index is 0.165. The van der Waals surface area contributed by atoms with Gasteiger partial charge in [0.25, 0.3) is 0 Å². The van der Waals surface area contributed by atoms with Gasteiger partial charge in [-0.2, -0.15) is 28.5 Å². The van der Waals surface area contributed by atoms with Gasteiger partial charge in [-0.15, -0.1) is 0 Å². The Morgan fingerprint density at radius 3 is 2.38 bits per heavy atom. The Labute approximate surface area is 216 Å². The molecule has 190 valence electrons. The molecule has 2 heterocycles. The SMILES string of the molecule is CC(C)(C(=O)NN1CSC=N1)C(c1ccccc1)c1ccc2c(cnn2-c2ccc(C(F)(F)F)cc2)c1. The number of nitrogens with one attached hydrogen (secondary N) is 1. The van der Waals surface area contributed by atoms with Crippen LogP contribution in [0, 0.1) is 5.41 Å². The van der Waals surface area contributed by atoms with E-state index in [-0.39, 0.29) is 11.8 Å². The molecule has 0 saturated heterocycles. The summed E-state index contributed by atoms with van der Waals surface area (Å²) in [5.74, 6) is 0.0979. The van der Waals surface area contributed by atoms with Crippen LogP contribution < -0.4 is 5.43 Å². The van der Waals surface area contributed by atoms with Crippen LogP contribution in [0.4, 0.5) is 13.2 Å². The van der Waals surface area contributed by atoms with Crippen molar-refractivity contribution in [2.45, 2.75) is 25.9 Å². The summed E-state index contributed by atoms with van der Waals surface area (Å²) in [5.41, 5.74) is 6.21. The fraction of sp³-hybridized carbons (Fsp3) is 0.222. The first-order valence-electron chi connectivity index (χ1n) is 11.6. The van der Waals surface area contributed by atoms with Gasteiger partial charge in [0, 0.05) is 11.3 Å². The lowest BCUT2D eigenvalue weighted by Gasteiger charge is -2.35. The zero-order valence-corrected chi connectivity index (χ0v) is 20.9. The van der Waals surface area contributed by atoms with Gasteiger partial charge >= 0.3 is 6.18 Å². The van der Waals surface area contributed by atoms with E-state index in [1.165, 1.54) is 29.0 Å². The third kappa shape index (κ3) is 4.93. The van der Waals surface area contributed by atoms with E-state index < -0.39 is 17.2 Å². The first kappa shape index (κ1) is 24.9. The van der Waals surface area contributed by atoms with E-state index in [1.807, 2.05) is 62.4 Å². The average molecular weight is 524 g/mol. The van der Waals surface area contributed by atoms with Crippen molar-refractivity contribution >= 4 is 34.1 Å². The topological polar surface area (TPSA) is 62.5 Å². The first-order chi connectivity index (χ1) is 17.6. The average Bonchev–Trinajstić information content (AvgIpc) is 3.54. The van der Waals surface area contributed by atoms with Gasteiger partial charge in [-0.05, 0) is 47.5 Å². The molecule has 1 aliphatic rings. The van der Waals surface area contributed by atoms with Crippen molar-refractivity contribution < 1.29 is 18.0 Å². The Kier molecular flexibility index (Phi) is 6.45. The first-order valence-corrected chi connectivity index (χ1v) is 12.6. The van der Waals surface area contributed by atoms with Gasteiger partial charge in [0.05, 0.1) is 33.9 Å². The normalized spacial score (nSPS) is 14.8. The van der Waals surface area contributed by atoms with Crippen molar-refractivity contribution in [3.05, 3.63) is 95.7 Å². The summed E-state index contributed by atoms with van der Waals surface area (Å²) in [4.78, 5) is 13.4. The predicted octanol–water partition coefficient (Wildman–Crippen LogP) is 6.18. The predicted molar refractivity (Wildman–Crippen MR) is 139 cm³/mol. The molecule has 1 N–H and O–H groups in total. The highest BCUT2D eigenvalue weighted by Crippen LogP contribution is 2.42. The maximum Gasteiger partial charge on any atom is 0.416 e. The lowest BCUT2D eigenvalue weighted by atomic mass is 9.70. The Bertz CT molecular complexity index is 1450. The van der Waals surface area contributed by atoms with Crippen LogP contribution in [0.3, 0.4) is 0 Å². The van der Waals surface area contributed by atoms with Crippen molar-refractivity contribution in [2.75, 3.05) is 5.88 Å². The molecular formula is C27H24F3N5OS. The number of aromatic nitrogens is 2. The van der Waals surface area contributed by atoms with Crippen LogP contribution in [0.5, 0.6) is 0 Å². The number of hydrazine groups is 1. The van der Waals surface area contributed by atoms with Crippen LogP contribution in [0.25, 0.3) is 16.6 Å². The fourth-order valence-corrected chi connectivity index (χ4v) is 5.10. The number of alkyl halides is 3. The molecule has 4 aromatic rings. The number of hydrogen-bond acceptors (Lipinski definition) is 5. The van der Waals surface area contributed by atoms with Crippen LogP contribution in [0.1, 0.15) is 36.5 Å². The van der Waals surface area contributed by atoms with Crippen molar-refractivity contribution in [3.63, 3.8) is 0 Å². The van der Waals surface area contributed by atoms with E-state index in [2.05, 4.69) is 15.6 Å². The quantitative estimate of drug-likeness (QED) is 0.328. The second-order valence-corrected chi connectivity index (χ2v) is 10.1. The number of hydrazone groups is 1. The lowest BCUT2D eigenvalue weighted by molar-refractivity contribution is -0.137. The highest BCUT2D eigenvalue weighted by atomic mass is 32.2. The Morgan fingerprint density at radius 2 is 1.73 bits per heavy atom. The molecule has 6 nitrogen and oxygen atoms in total. The molecule has 10 heteroatoms. The number of fused-ring (bicyclic) bond motifs is 1. The monoisotopic (exact) mass is 523 g/mol. The van der Waals surface area contributed by atoms with Gasteiger partial charge < -0.3 is 0 Å². The Balaban J connectivity index is 1.52. The molecule has 1 aliphatic heterocycles. The fourth-order valence-electron chi connectivity index (χ4n) is 4.58. The van der Waals surface area contributed by atoms with Gasteiger partial charge in [-0.3, -0.25) is 10.2 Å². The molecule has 5 rings (SSSR count). The number of carbonyl (C=O) groups excluding carboxylic acids is 1. The second-order valence-electron chi connectivity index (χ2n) is 9.34. The van der Waals surface area contributed by atoms with Gasteiger partial charge in [-0.1, -0.05) is 62.0 Å². The molecule has 3 aromatic carbocycles. The molecule has 1 atom stereocenters. The number of nitrogens with zero attached hydrogens (tertiary/aromatic N) is 4. The van der Waals surface area contributed by atoms with E-state index in [9.17, 15) is 18.0 Å². The molecule has 0 aliphatic carbocycles. The van der Waals surface area contributed by atoms with E-state index in [4.69, 9.17) is 0 Å². The maximum atomic E-state index is 13.4. The van der Waals surface area contributed by atoms with Crippen LogP contribution in [-0.2, 0) is 11.0 Å².